The van der Waals surface area contributed by atoms with E-state index in [2.05, 4.69) is 6.92 Å². The fourth-order valence-electron chi connectivity index (χ4n) is 1.93. The van der Waals surface area contributed by atoms with Crippen LogP contribution in [-0.4, -0.2) is 18.1 Å². The molecule has 0 amide bonds. The summed E-state index contributed by atoms with van der Waals surface area (Å²) in [6.07, 6.45) is 4.36. The van der Waals surface area contributed by atoms with E-state index in [1.54, 1.807) is 6.20 Å². The number of rotatable bonds is 5. The van der Waals surface area contributed by atoms with Crippen molar-refractivity contribution in [3.8, 4) is 0 Å². The predicted molar refractivity (Wildman–Crippen MR) is 70.6 cm³/mol. The van der Waals surface area contributed by atoms with Crippen molar-refractivity contribution < 1.29 is 8.42 Å². The number of fused-ring (bicyclic) bond motifs is 1. The maximum atomic E-state index is 12.1. The van der Waals surface area contributed by atoms with Gasteiger partial charge in [0.2, 0.25) is 10.0 Å². The summed E-state index contributed by atoms with van der Waals surface area (Å²) in [6, 6.07) is 9.38. The molecule has 4 heteroatoms. The molecule has 0 aliphatic rings. The van der Waals surface area contributed by atoms with Crippen LogP contribution in [0.25, 0.3) is 10.9 Å². The molecule has 0 bridgehead atoms. The number of aromatic nitrogens is 1. The van der Waals surface area contributed by atoms with Crippen molar-refractivity contribution >= 4 is 20.9 Å². The maximum Gasteiger partial charge on any atom is 0.238 e. The molecule has 1 aromatic heterocycles. The topological polar surface area (TPSA) is 39.1 Å². The van der Waals surface area contributed by atoms with Crippen molar-refractivity contribution in [3.05, 3.63) is 36.5 Å². The zero-order chi connectivity index (χ0) is 12.3. The van der Waals surface area contributed by atoms with Gasteiger partial charge in [-0.15, -0.1) is 0 Å². The van der Waals surface area contributed by atoms with Gasteiger partial charge in [-0.05, 0) is 18.6 Å². The van der Waals surface area contributed by atoms with E-state index in [4.69, 9.17) is 0 Å². The van der Waals surface area contributed by atoms with Gasteiger partial charge in [-0.3, -0.25) is 0 Å². The van der Waals surface area contributed by atoms with Crippen LogP contribution in [0.4, 0.5) is 0 Å². The molecular formula is C13H17NO2S. The molecule has 1 aromatic carbocycles. The first-order chi connectivity index (χ1) is 8.15. The number of benzene rings is 1. The molecular weight excluding hydrogens is 234 g/mol. The second-order valence-electron chi connectivity index (χ2n) is 4.19. The molecule has 0 atom stereocenters. The fourth-order valence-corrected chi connectivity index (χ4v) is 3.41. The van der Waals surface area contributed by atoms with Crippen molar-refractivity contribution in [1.82, 2.24) is 3.97 Å². The largest absolute Gasteiger partial charge is 0.245 e. The highest BCUT2D eigenvalue weighted by Gasteiger charge is 2.14. The lowest BCUT2D eigenvalue weighted by atomic mass is 10.3. The average molecular weight is 251 g/mol. The Morgan fingerprint density at radius 1 is 1.12 bits per heavy atom. The molecule has 17 heavy (non-hydrogen) atoms. The van der Waals surface area contributed by atoms with Crippen LogP contribution in [0.1, 0.15) is 26.2 Å². The van der Waals surface area contributed by atoms with Crippen LogP contribution in [0.15, 0.2) is 36.5 Å². The summed E-state index contributed by atoms with van der Waals surface area (Å²) in [5.74, 6) is 0.222. The van der Waals surface area contributed by atoms with Crippen molar-refractivity contribution in [2.45, 2.75) is 26.2 Å². The third-order valence-electron chi connectivity index (χ3n) is 2.87. The zero-order valence-corrected chi connectivity index (χ0v) is 10.8. The van der Waals surface area contributed by atoms with Gasteiger partial charge in [0.05, 0.1) is 11.3 Å². The van der Waals surface area contributed by atoms with Gasteiger partial charge >= 0.3 is 0 Å². The van der Waals surface area contributed by atoms with E-state index in [9.17, 15) is 8.42 Å². The van der Waals surface area contributed by atoms with Crippen LogP contribution >= 0.6 is 0 Å². The van der Waals surface area contributed by atoms with Gasteiger partial charge in [0.25, 0.3) is 0 Å². The highest BCUT2D eigenvalue weighted by Crippen LogP contribution is 2.18. The Morgan fingerprint density at radius 3 is 2.65 bits per heavy atom. The van der Waals surface area contributed by atoms with Crippen molar-refractivity contribution in [1.29, 1.82) is 0 Å². The van der Waals surface area contributed by atoms with E-state index in [0.717, 1.165) is 30.2 Å². The number of hydrogen-bond donors (Lipinski definition) is 0. The molecule has 0 fully saturated rings. The summed E-state index contributed by atoms with van der Waals surface area (Å²) < 4.78 is 25.7. The average Bonchev–Trinajstić information content (AvgIpc) is 2.73. The minimum absolute atomic E-state index is 0.222. The lowest BCUT2D eigenvalue weighted by Crippen LogP contribution is -2.15. The Kier molecular flexibility index (Phi) is 3.52. The Balaban J connectivity index is 2.33. The van der Waals surface area contributed by atoms with E-state index in [1.807, 2.05) is 30.3 Å². The first-order valence-electron chi connectivity index (χ1n) is 5.94. The molecule has 0 N–H and O–H groups in total. The molecule has 2 rings (SSSR count). The summed E-state index contributed by atoms with van der Waals surface area (Å²) >= 11 is 0. The standard InChI is InChI=1S/C13H17NO2S/c1-2-3-6-11-17(15,16)14-10-9-12-7-4-5-8-13(12)14/h4-5,7-10H,2-3,6,11H2,1H3. The molecule has 0 aliphatic carbocycles. The molecule has 1 heterocycles. The van der Waals surface area contributed by atoms with Crippen LogP contribution in [0.3, 0.4) is 0 Å². The lowest BCUT2D eigenvalue weighted by Gasteiger charge is -2.06. The summed E-state index contributed by atoms with van der Waals surface area (Å²) in [5.41, 5.74) is 0.768. The van der Waals surface area contributed by atoms with Crippen LogP contribution in [0, 0.1) is 0 Å². The minimum atomic E-state index is -3.20. The van der Waals surface area contributed by atoms with E-state index in [-0.39, 0.29) is 5.75 Å². The first kappa shape index (κ1) is 12.2. The SMILES string of the molecule is CCCCCS(=O)(=O)n1ccc2ccccc21. The normalized spacial score (nSPS) is 12.1. The highest BCUT2D eigenvalue weighted by molar-refractivity contribution is 7.90. The van der Waals surface area contributed by atoms with Crippen molar-refractivity contribution in [3.63, 3.8) is 0 Å². The van der Waals surface area contributed by atoms with Gasteiger partial charge < -0.3 is 0 Å². The molecule has 0 spiro atoms. The Morgan fingerprint density at radius 2 is 1.88 bits per heavy atom. The zero-order valence-electron chi connectivity index (χ0n) is 9.96. The Labute approximate surface area is 102 Å². The van der Waals surface area contributed by atoms with Gasteiger partial charge in [0, 0.05) is 11.6 Å². The van der Waals surface area contributed by atoms with Crippen LogP contribution < -0.4 is 0 Å². The third kappa shape index (κ3) is 2.52. The van der Waals surface area contributed by atoms with Gasteiger partial charge in [0.1, 0.15) is 0 Å². The second kappa shape index (κ2) is 4.92. The maximum absolute atomic E-state index is 12.1. The second-order valence-corrected chi connectivity index (χ2v) is 6.16. The van der Waals surface area contributed by atoms with Gasteiger partial charge in [0.15, 0.2) is 0 Å². The van der Waals surface area contributed by atoms with E-state index < -0.39 is 10.0 Å². The summed E-state index contributed by atoms with van der Waals surface area (Å²) in [4.78, 5) is 0. The van der Waals surface area contributed by atoms with Crippen LogP contribution in [0.5, 0.6) is 0 Å². The third-order valence-corrected chi connectivity index (χ3v) is 4.59. The van der Waals surface area contributed by atoms with Gasteiger partial charge in [-0.1, -0.05) is 38.0 Å². The molecule has 0 aliphatic heterocycles. The van der Waals surface area contributed by atoms with E-state index >= 15 is 0 Å². The fraction of sp³-hybridized carbons (Fsp3) is 0.385. The Bertz CT molecular complexity index is 599. The summed E-state index contributed by atoms with van der Waals surface area (Å²) in [7, 11) is -3.20. The predicted octanol–water partition coefficient (Wildman–Crippen LogP) is 3.01. The summed E-state index contributed by atoms with van der Waals surface area (Å²) in [5, 5.41) is 0.964. The van der Waals surface area contributed by atoms with Crippen molar-refractivity contribution in [2.75, 3.05) is 5.75 Å². The van der Waals surface area contributed by atoms with Crippen LogP contribution in [0.2, 0.25) is 0 Å². The lowest BCUT2D eigenvalue weighted by molar-refractivity contribution is 0.584. The van der Waals surface area contributed by atoms with E-state index in [0.29, 0.717) is 0 Å². The van der Waals surface area contributed by atoms with Gasteiger partial charge in [-0.2, -0.15) is 0 Å². The molecule has 0 saturated carbocycles. The highest BCUT2D eigenvalue weighted by atomic mass is 32.2. The van der Waals surface area contributed by atoms with E-state index in [1.165, 1.54) is 3.97 Å². The molecule has 2 aromatic rings. The molecule has 3 nitrogen and oxygen atoms in total. The quantitative estimate of drug-likeness (QED) is 0.766. The number of nitrogens with zero attached hydrogens (tertiary/aromatic N) is 1. The number of unbranched alkanes of at least 4 members (excludes halogenated alkanes) is 2. The van der Waals surface area contributed by atoms with Crippen molar-refractivity contribution in [2.24, 2.45) is 0 Å². The molecule has 92 valence electrons. The number of hydrogen-bond acceptors (Lipinski definition) is 2. The van der Waals surface area contributed by atoms with Gasteiger partial charge in [-0.25, -0.2) is 12.4 Å². The summed E-state index contributed by atoms with van der Waals surface area (Å²) in [6.45, 7) is 2.07. The Hall–Kier alpha value is -1.29. The number of para-hydroxylation sites is 1. The molecule has 0 saturated heterocycles. The minimum Gasteiger partial charge on any atom is -0.245 e. The van der Waals surface area contributed by atoms with Crippen LogP contribution in [-0.2, 0) is 10.0 Å². The first-order valence-corrected chi connectivity index (χ1v) is 7.55. The smallest absolute Gasteiger partial charge is 0.238 e. The monoisotopic (exact) mass is 251 g/mol. The molecule has 0 unspecified atom stereocenters. The molecule has 0 radical (unpaired) electrons.